The molecule has 0 atom stereocenters. The van der Waals surface area contributed by atoms with Gasteiger partial charge < -0.3 is 0 Å². The van der Waals surface area contributed by atoms with Crippen molar-refractivity contribution in [3.05, 3.63) is 107 Å². The predicted octanol–water partition coefficient (Wildman–Crippen LogP) is 7.21. The minimum Gasteiger partial charge on any atom is -0.289 e. The molecule has 5 rings (SSSR count). The van der Waals surface area contributed by atoms with Crippen molar-refractivity contribution in [1.82, 2.24) is 0 Å². The Morgan fingerprint density at radius 1 is 0.552 bits per heavy atom. The molecule has 1 aliphatic carbocycles. The summed E-state index contributed by atoms with van der Waals surface area (Å²) in [6.45, 7) is 0. The fourth-order valence-electron chi connectivity index (χ4n) is 4.18. The number of fused-ring (bicyclic) bond motifs is 2. The molecule has 0 aliphatic heterocycles. The van der Waals surface area contributed by atoms with E-state index in [-0.39, 0.29) is 5.78 Å². The Morgan fingerprint density at radius 3 is 1.48 bits per heavy atom. The SMILES string of the molecule is O=C1/C(=C/c2ccc3ccccc3c2)CCC/C1=C\c1ccc2ccccc2c1. The number of Topliss-reactive ketones (excluding diaryl/α,β-unsaturated/α-hetero) is 1. The van der Waals surface area contributed by atoms with Crippen molar-refractivity contribution in [2.75, 3.05) is 0 Å². The fourth-order valence-corrected chi connectivity index (χ4v) is 4.18. The summed E-state index contributed by atoms with van der Waals surface area (Å²) < 4.78 is 0. The Hall–Kier alpha value is -3.45. The third-order valence-corrected chi connectivity index (χ3v) is 5.70. The second-order valence-corrected chi connectivity index (χ2v) is 7.74. The van der Waals surface area contributed by atoms with Crippen molar-refractivity contribution >= 4 is 39.5 Å². The van der Waals surface area contributed by atoms with E-state index in [4.69, 9.17) is 0 Å². The summed E-state index contributed by atoms with van der Waals surface area (Å²) in [6, 6.07) is 29.4. The molecule has 0 amide bonds. The number of carbonyl (C=O) groups is 1. The molecule has 1 nitrogen and oxygen atoms in total. The maximum Gasteiger partial charge on any atom is 0.185 e. The molecule has 1 aliphatic rings. The lowest BCUT2D eigenvalue weighted by Gasteiger charge is -2.17. The molecule has 1 heteroatoms. The molecule has 0 saturated heterocycles. The molecule has 1 fully saturated rings. The van der Waals surface area contributed by atoms with Gasteiger partial charge in [0.2, 0.25) is 0 Å². The van der Waals surface area contributed by atoms with Crippen LogP contribution in [0.15, 0.2) is 96.1 Å². The number of ketones is 1. The Balaban J connectivity index is 1.47. The van der Waals surface area contributed by atoms with Crippen molar-refractivity contribution in [3.63, 3.8) is 0 Å². The van der Waals surface area contributed by atoms with Crippen molar-refractivity contribution < 1.29 is 4.79 Å². The summed E-state index contributed by atoms with van der Waals surface area (Å²) >= 11 is 0. The zero-order valence-corrected chi connectivity index (χ0v) is 16.3. The first-order chi connectivity index (χ1) is 14.3. The zero-order valence-electron chi connectivity index (χ0n) is 16.3. The van der Waals surface area contributed by atoms with Gasteiger partial charge in [-0.25, -0.2) is 0 Å². The lowest BCUT2D eigenvalue weighted by atomic mass is 9.86. The van der Waals surface area contributed by atoms with Crippen LogP contribution in [0.25, 0.3) is 33.7 Å². The second kappa shape index (κ2) is 7.52. The third-order valence-electron chi connectivity index (χ3n) is 5.70. The van der Waals surface area contributed by atoms with E-state index in [1.165, 1.54) is 21.5 Å². The molecule has 0 radical (unpaired) electrons. The normalized spacial score (nSPS) is 17.4. The van der Waals surface area contributed by atoms with Crippen LogP contribution in [0, 0.1) is 0 Å². The highest BCUT2D eigenvalue weighted by Crippen LogP contribution is 2.29. The van der Waals surface area contributed by atoms with Crippen LogP contribution in [-0.2, 0) is 4.79 Å². The average molecular weight is 374 g/mol. The van der Waals surface area contributed by atoms with Crippen molar-refractivity contribution in [1.29, 1.82) is 0 Å². The van der Waals surface area contributed by atoms with Gasteiger partial charge in [-0.15, -0.1) is 0 Å². The number of allylic oxidation sites excluding steroid dienone is 2. The number of hydrogen-bond acceptors (Lipinski definition) is 1. The van der Waals surface area contributed by atoms with Crippen molar-refractivity contribution in [3.8, 4) is 0 Å². The van der Waals surface area contributed by atoms with Crippen LogP contribution in [-0.4, -0.2) is 5.78 Å². The van der Waals surface area contributed by atoms with Crippen LogP contribution in [0.5, 0.6) is 0 Å². The molecule has 140 valence electrons. The first kappa shape index (κ1) is 17.6. The molecule has 0 unspecified atom stereocenters. The summed E-state index contributed by atoms with van der Waals surface area (Å²) in [7, 11) is 0. The highest BCUT2D eigenvalue weighted by molar-refractivity contribution is 6.14. The number of carbonyl (C=O) groups excluding carboxylic acids is 1. The van der Waals surface area contributed by atoms with Gasteiger partial charge >= 0.3 is 0 Å². The minimum absolute atomic E-state index is 0.192. The summed E-state index contributed by atoms with van der Waals surface area (Å²) in [4.78, 5) is 13.1. The van der Waals surface area contributed by atoms with E-state index in [0.29, 0.717) is 0 Å². The van der Waals surface area contributed by atoms with Gasteiger partial charge in [-0.2, -0.15) is 0 Å². The molecule has 0 aromatic heterocycles. The van der Waals surface area contributed by atoms with Gasteiger partial charge in [0.05, 0.1) is 0 Å². The molecular weight excluding hydrogens is 352 g/mol. The molecule has 0 heterocycles. The largest absolute Gasteiger partial charge is 0.289 e. The van der Waals surface area contributed by atoms with Crippen molar-refractivity contribution in [2.45, 2.75) is 19.3 Å². The molecular formula is C28H22O. The van der Waals surface area contributed by atoms with E-state index in [1.54, 1.807) is 0 Å². The third kappa shape index (κ3) is 3.64. The van der Waals surface area contributed by atoms with Crippen molar-refractivity contribution in [2.24, 2.45) is 0 Å². The van der Waals surface area contributed by atoms with E-state index >= 15 is 0 Å². The molecule has 1 saturated carbocycles. The quantitative estimate of drug-likeness (QED) is 0.339. The summed E-state index contributed by atoms with van der Waals surface area (Å²) in [5.41, 5.74) is 4.02. The Kier molecular flexibility index (Phi) is 4.57. The van der Waals surface area contributed by atoms with E-state index in [0.717, 1.165) is 41.5 Å². The summed E-state index contributed by atoms with van der Waals surface area (Å²) in [5, 5.41) is 4.86. The summed E-state index contributed by atoms with van der Waals surface area (Å²) in [5.74, 6) is 0.192. The number of benzene rings is 4. The molecule has 0 spiro atoms. The lowest BCUT2D eigenvalue weighted by Crippen LogP contribution is -2.12. The smallest absolute Gasteiger partial charge is 0.185 e. The number of hydrogen-bond donors (Lipinski definition) is 0. The topological polar surface area (TPSA) is 17.1 Å². The maximum atomic E-state index is 13.1. The molecule has 29 heavy (non-hydrogen) atoms. The van der Waals surface area contributed by atoms with Gasteiger partial charge in [-0.3, -0.25) is 4.79 Å². The first-order valence-electron chi connectivity index (χ1n) is 10.2. The molecule has 4 aromatic carbocycles. The molecule has 0 N–H and O–H groups in total. The standard InChI is InChI=1S/C28H22O/c29-28-26(18-20-12-14-22-6-1-3-8-24(22)16-20)10-5-11-27(28)19-21-13-15-23-7-2-4-9-25(23)17-21/h1-4,6-9,12-19H,5,10-11H2/b26-18+,27-19+. The van der Waals surface area contributed by atoms with Crippen LogP contribution < -0.4 is 0 Å². The predicted molar refractivity (Wildman–Crippen MR) is 123 cm³/mol. The lowest BCUT2D eigenvalue weighted by molar-refractivity contribution is -0.112. The van der Waals surface area contributed by atoms with Gasteiger partial charge in [0, 0.05) is 11.1 Å². The highest BCUT2D eigenvalue weighted by atomic mass is 16.1. The fraction of sp³-hybridized carbons (Fsp3) is 0.107. The summed E-state index contributed by atoms with van der Waals surface area (Å²) in [6.07, 6.45) is 6.86. The van der Waals surface area contributed by atoms with E-state index in [1.807, 2.05) is 0 Å². The Bertz CT molecular complexity index is 1190. The minimum atomic E-state index is 0.192. The van der Waals surface area contributed by atoms with Gasteiger partial charge in [-0.1, -0.05) is 72.8 Å². The van der Waals surface area contributed by atoms with Crippen LogP contribution >= 0.6 is 0 Å². The second-order valence-electron chi connectivity index (χ2n) is 7.74. The van der Waals surface area contributed by atoms with Crippen LogP contribution in [0.1, 0.15) is 30.4 Å². The van der Waals surface area contributed by atoms with Gasteiger partial charge in [0.25, 0.3) is 0 Å². The van der Waals surface area contributed by atoms with Crippen LogP contribution in [0.4, 0.5) is 0 Å². The van der Waals surface area contributed by atoms with Crippen LogP contribution in [0.2, 0.25) is 0 Å². The van der Waals surface area contributed by atoms with E-state index in [9.17, 15) is 4.79 Å². The monoisotopic (exact) mass is 374 g/mol. The Labute approximate surface area is 171 Å². The van der Waals surface area contributed by atoms with Crippen LogP contribution in [0.3, 0.4) is 0 Å². The maximum absolute atomic E-state index is 13.1. The zero-order chi connectivity index (χ0) is 19.6. The van der Waals surface area contributed by atoms with Gasteiger partial charge in [0.15, 0.2) is 5.78 Å². The van der Waals surface area contributed by atoms with E-state index < -0.39 is 0 Å². The Morgan fingerprint density at radius 2 is 1.00 bits per heavy atom. The highest BCUT2D eigenvalue weighted by Gasteiger charge is 2.20. The van der Waals surface area contributed by atoms with Gasteiger partial charge in [0.1, 0.15) is 0 Å². The molecule has 0 bridgehead atoms. The number of rotatable bonds is 2. The van der Waals surface area contributed by atoms with Gasteiger partial charge in [-0.05, 0) is 76.2 Å². The average Bonchev–Trinajstić information content (AvgIpc) is 2.76. The molecule has 4 aromatic rings. The first-order valence-corrected chi connectivity index (χ1v) is 10.2. The van der Waals surface area contributed by atoms with E-state index in [2.05, 4.69) is 97.1 Å².